The molecule has 4 rings (SSSR count). The molecule has 1 atom stereocenters. The molecule has 1 amide bonds. The third-order valence-corrected chi connectivity index (χ3v) is 6.85. The maximum absolute atomic E-state index is 14.2. The van der Waals surface area contributed by atoms with Crippen molar-refractivity contribution in [1.82, 2.24) is 4.90 Å². The van der Waals surface area contributed by atoms with Gasteiger partial charge in [-0.2, -0.15) is 18.4 Å². The van der Waals surface area contributed by atoms with Crippen molar-refractivity contribution in [3.63, 3.8) is 0 Å². The SMILES string of the molecule is Cc1cc(C2=NO[C@@](c3cc(Cl)c(F)c(Cl)c3)(C(F)(F)F)C2)ccc1C(=O)N(C)C1(C#N)CC1. The largest absolute Gasteiger partial charge is 0.435 e. The molecule has 1 aliphatic carbocycles. The van der Waals surface area contributed by atoms with E-state index in [9.17, 15) is 27.6 Å². The summed E-state index contributed by atoms with van der Waals surface area (Å²) in [5.41, 5.74) is -3.06. The molecule has 1 aliphatic heterocycles. The van der Waals surface area contributed by atoms with E-state index in [1.807, 2.05) is 0 Å². The van der Waals surface area contributed by atoms with Crippen molar-refractivity contribution in [3.05, 3.63) is 68.4 Å². The summed E-state index contributed by atoms with van der Waals surface area (Å²) >= 11 is 11.5. The molecular weight excluding hydrogens is 497 g/mol. The molecule has 1 heterocycles. The monoisotopic (exact) mass is 513 g/mol. The number of nitriles is 1. The van der Waals surface area contributed by atoms with Crippen LogP contribution in [0.15, 0.2) is 35.5 Å². The van der Waals surface area contributed by atoms with E-state index in [0.717, 1.165) is 12.1 Å². The van der Waals surface area contributed by atoms with Crippen molar-refractivity contribution in [2.75, 3.05) is 7.05 Å². The molecular formula is C23H17Cl2F4N3O2. The molecule has 0 bridgehead atoms. The number of alkyl halides is 3. The topological polar surface area (TPSA) is 65.7 Å². The standard InChI is InChI=1S/C23H17Cl2F4N3O2/c1-12-7-13(3-4-15(12)20(33)32(2)21(11-30)5-6-21)18-10-22(34-31-18,23(27,28)29)14-8-16(24)19(26)17(25)9-14/h3-4,7-9H,5-6,10H2,1-2H3/t22-/m0/s1. The van der Waals surface area contributed by atoms with Gasteiger partial charge < -0.3 is 9.74 Å². The number of aryl methyl sites for hydroxylation is 1. The summed E-state index contributed by atoms with van der Waals surface area (Å²) in [7, 11) is 1.55. The fourth-order valence-electron chi connectivity index (χ4n) is 3.95. The Hall–Kier alpha value is -2.83. The molecule has 2 aromatic rings. The summed E-state index contributed by atoms with van der Waals surface area (Å²) in [5.74, 6) is -1.39. The van der Waals surface area contributed by atoms with Gasteiger partial charge in [-0.1, -0.05) is 34.4 Å². The van der Waals surface area contributed by atoms with Gasteiger partial charge in [-0.3, -0.25) is 4.79 Å². The van der Waals surface area contributed by atoms with Gasteiger partial charge in [-0.15, -0.1) is 0 Å². The number of oxime groups is 1. The van der Waals surface area contributed by atoms with E-state index in [2.05, 4.69) is 11.2 Å². The summed E-state index contributed by atoms with van der Waals surface area (Å²) in [5, 5.41) is 11.9. The van der Waals surface area contributed by atoms with Crippen LogP contribution in [0.5, 0.6) is 0 Å². The lowest BCUT2D eigenvalue weighted by Crippen LogP contribution is -2.42. The minimum atomic E-state index is -4.92. The van der Waals surface area contributed by atoms with Crippen LogP contribution in [0.25, 0.3) is 0 Å². The van der Waals surface area contributed by atoms with Crippen LogP contribution < -0.4 is 0 Å². The summed E-state index contributed by atoms with van der Waals surface area (Å²) in [6.07, 6.45) is -4.45. The lowest BCUT2D eigenvalue weighted by molar-refractivity contribution is -0.275. The number of benzene rings is 2. The molecule has 0 saturated heterocycles. The van der Waals surface area contributed by atoms with Gasteiger partial charge in [0.15, 0.2) is 5.82 Å². The lowest BCUT2D eigenvalue weighted by Gasteiger charge is -2.29. The first-order chi connectivity index (χ1) is 15.8. The van der Waals surface area contributed by atoms with E-state index in [4.69, 9.17) is 28.0 Å². The number of carbonyl (C=O) groups is 1. The molecule has 0 radical (unpaired) electrons. The Morgan fingerprint density at radius 1 is 1.21 bits per heavy atom. The van der Waals surface area contributed by atoms with Gasteiger partial charge in [0, 0.05) is 24.6 Å². The number of carbonyl (C=O) groups excluding carboxylic acids is 1. The number of rotatable bonds is 4. The Bertz CT molecular complexity index is 1240. The van der Waals surface area contributed by atoms with E-state index < -0.39 is 45.2 Å². The highest BCUT2D eigenvalue weighted by molar-refractivity contribution is 6.35. The molecule has 2 aromatic carbocycles. The van der Waals surface area contributed by atoms with E-state index in [1.54, 1.807) is 14.0 Å². The van der Waals surface area contributed by atoms with E-state index in [1.165, 1.54) is 23.1 Å². The third kappa shape index (κ3) is 3.79. The molecule has 1 saturated carbocycles. The van der Waals surface area contributed by atoms with Crippen LogP contribution >= 0.6 is 23.2 Å². The molecule has 0 unspecified atom stereocenters. The molecule has 5 nitrogen and oxygen atoms in total. The molecule has 2 aliphatic rings. The highest BCUT2D eigenvalue weighted by atomic mass is 35.5. The van der Waals surface area contributed by atoms with Crippen molar-refractivity contribution >= 4 is 34.8 Å². The zero-order valence-electron chi connectivity index (χ0n) is 17.9. The first kappa shape index (κ1) is 24.3. The van der Waals surface area contributed by atoms with E-state index in [0.29, 0.717) is 29.5 Å². The molecule has 0 N–H and O–H groups in total. The van der Waals surface area contributed by atoms with Gasteiger partial charge in [-0.05, 0) is 55.2 Å². The predicted octanol–water partition coefficient (Wildman–Crippen LogP) is 6.15. The molecule has 11 heteroatoms. The maximum Gasteiger partial charge on any atom is 0.435 e. The fraction of sp³-hybridized carbons (Fsp3) is 0.348. The number of nitrogens with zero attached hydrogens (tertiary/aromatic N) is 3. The second-order valence-corrected chi connectivity index (χ2v) is 9.24. The number of hydrogen-bond acceptors (Lipinski definition) is 4. The molecule has 0 aromatic heterocycles. The quantitative estimate of drug-likeness (QED) is 0.363. The number of amides is 1. The molecule has 178 valence electrons. The second kappa shape index (κ2) is 8.14. The van der Waals surface area contributed by atoms with Crippen molar-refractivity contribution < 1.29 is 27.2 Å². The predicted molar refractivity (Wildman–Crippen MR) is 117 cm³/mol. The third-order valence-electron chi connectivity index (χ3n) is 6.30. The summed E-state index contributed by atoms with van der Waals surface area (Å²) in [6.45, 7) is 1.64. The van der Waals surface area contributed by atoms with Crippen LogP contribution in [0.3, 0.4) is 0 Å². The Kier molecular flexibility index (Phi) is 5.82. The van der Waals surface area contributed by atoms with Crippen LogP contribution in [0.4, 0.5) is 17.6 Å². The van der Waals surface area contributed by atoms with Crippen LogP contribution in [0, 0.1) is 24.1 Å². The number of halogens is 6. The summed E-state index contributed by atoms with van der Waals surface area (Å²) < 4.78 is 56.4. The molecule has 34 heavy (non-hydrogen) atoms. The zero-order chi connectivity index (χ0) is 25.1. The van der Waals surface area contributed by atoms with Crippen molar-refractivity contribution in [3.8, 4) is 6.07 Å². The van der Waals surface area contributed by atoms with Crippen molar-refractivity contribution in [2.45, 2.75) is 43.5 Å². The van der Waals surface area contributed by atoms with Crippen molar-refractivity contribution in [1.29, 1.82) is 5.26 Å². The first-order valence-electron chi connectivity index (χ1n) is 10.1. The van der Waals surface area contributed by atoms with Crippen molar-refractivity contribution in [2.24, 2.45) is 5.16 Å². The van der Waals surface area contributed by atoms with E-state index >= 15 is 0 Å². The van der Waals surface area contributed by atoms with Gasteiger partial charge in [0.1, 0.15) is 5.54 Å². The Labute approximate surface area is 202 Å². The lowest BCUT2D eigenvalue weighted by atomic mass is 9.86. The van der Waals surface area contributed by atoms with Gasteiger partial charge in [0.2, 0.25) is 0 Å². The average molecular weight is 514 g/mol. The van der Waals surface area contributed by atoms with Crippen LogP contribution in [0.2, 0.25) is 10.0 Å². The smallest absolute Gasteiger partial charge is 0.374 e. The van der Waals surface area contributed by atoms with Gasteiger partial charge >= 0.3 is 6.18 Å². The minimum Gasteiger partial charge on any atom is -0.374 e. The zero-order valence-corrected chi connectivity index (χ0v) is 19.4. The van der Waals surface area contributed by atoms with Crippen LogP contribution in [-0.2, 0) is 10.4 Å². The summed E-state index contributed by atoms with van der Waals surface area (Å²) in [4.78, 5) is 19.2. The average Bonchev–Trinajstić information content (AvgIpc) is 3.44. The molecule has 0 spiro atoms. The Morgan fingerprint density at radius 3 is 2.32 bits per heavy atom. The fourth-order valence-corrected chi connectivity index (χ4v) is 4.43. The van der Waals surface area contributed by atoms with Gasteiger partial charge in [-0.25, -0.2) is 4.39 Å². The normalized spacial score (nSPS) is 20.9. The van der Waals surface area contributed by atoms with Gasteiger partial charge in [0.25, 0.3) is 11.5 Å². The second-order valence-electron chi connectivity index (χ2n) is 8.42. The Balaban J connectivity index is 1.65. The Morgan fingerprint density at radius 2 is 1.82 bits per heavy atom. The minimum absolute atomic E-state index is 0.0139. The summed E-state index contributed by atoms with van der Waals surface area (Å²) in [6, 6.07) is 8.28. The van der Waals surface area contributed by atoms with Crippen LogP contribution in [0.1, 0.15) is 46.3 Å². The maximum atomic E-state index is 14.2. The number of hydrogen-bond donors (Lipinski definition) is 0. The first-order valence-corrected chi connectivity index (χ1v) is 10.9. The highest BCUT2D eigenvalue weighted by Gasteiger charge is 2.62. The van der Waals surface area contributed by atoms with Gasteiger partial charge in [0.05, 0.1) is 21.8 Å². The van der Waals surface area contributed by atoms with Crippen LogP contribution in [-0.4, -0.2) is 35.3 Å². The highest BCUT2D eigenvalue weighted by Crippen LogP contribution is 2.50. The van der Waals surface area contributed by atoms with E-state index in [-0.39, 0.29) is 11.6 Å². The molecule has 1 fully saturated rings.